The minimum Gasteiger partial charge on any atom is -0.444 e. The Morgan fingerprint density at radius 1 is 1.24 bits per heavy atom. The topological polar surface area (TPSA) is 58.8 Å². The van der Waals surface area contributed by atoms with Gasteiger partial charge in [0.15, 0.2) is 0 Å². The van der Waals surface area contributed by atoms with E-state index in [9.17, 15) is 4.79 Å². The van der Waals surface area contributed by atoms with Crippen LogP contribution in [0.5, 0.6) is 0 Å². The van der Waals surface area contributed by atoms with Crippen LogP contribution in [0.25, 0.3) is 0 Å². The molecule has 0 radical (unpaired) electrons. The van der Waals surface area contributed by atoms with E-state index >= 15 is 0 Å². The van der Waals surface area contributed by atoms with E-state index in [1.165, 1.54) is 12.8 Å². The number of nitrogens with zero attached hydrogens (tertiary/aromatic N) is 2. The largest absolute Gasteiger partial charge is 0.444 e. The second-order valence-corrected chi connectivity index (χ2v) is 7.45. The molecular formula is C16H31N3O2. The average molecular weight is 297 g/mol. The molecule has 122 valence electrons. The molecule has 2 aliphatic heterocycles. The summed E-state index contributed by atoms with van der Waals surface area (Å²) in [6.45, 7) is 10.5. The number of rotatable bonds is 3. The number of likely N-dealkylation sites (tertiary alicyclic amines) is 2. The van der Waals surface area contributed by atoms with Gasteiger partial charge in [0.1, 0.15) is 5.60 Å². The van der Waals surface area contributed by atoms with Crippen molar-refractivity contribution in [2.24, 2.45) is 11.7 Å². The van der Waals surface area contributed by atoms with Crippen LogP contribution in [0.1, 0.15) is 46.5 Å². The van der Waals surface area contributed by atoms with Crippen LogP contribution in [0.15, 0.2) is 0 Å². The lowest BCUT2D eigenvalue weighted by molar-refractivity contribution is 0.0272. The van der Waals surface area contributed by atoms with Gasteiger partial charge in [0.25, 0.3) is 0 Å². The molecule has 2 unspecified atom stereocenters. The fourth-order valence-corrected chi connectivity index (χ4v) is 3.43. The number of nitrogens with two attached hydrogens (primary N) is 1. The Bertz CT molecular complexity index is 352. The van der Waals surface area contributed by atoms with Crippen molar-refractivity contribution in [3.8, 4) is 0 Å². The van der Waals surface area contributed by atoms with E-state index in [4.69, 9.17) is 10.5 Å². The van der Waals surface area contributed by atoms with E-state index in [0.29, 0.717) is 6.04 Å². The van der Waals surface area contributed by atoms with E-state index in [1.54, 1.807) is 0 Å². The monoisotopic (exact) mass is 297 g/mol. The molecule has 0 aromatic rings. The molecule has 2 N–H and O–H groups in total. The van der Waals surface area contributed by atoms with E-state index in [1.807, 2.05) is 25.7 Å². The molecule has 2 aliphatic rings. The third kappa shape index (κ3) is 4.85. The van der Waals surface area contributed by atoms with Crippen LogP contribution in [-0.4, -0.2) is 60.3 Å². The predicted octanol–water partition coefficient (Wildman–Crippen LogP) is 2.06. The van der Waals surface area contributed by atoms with Crippen LogP contribution in [0.4, 0.5) is 4.79 Å². The van der Waals surface area contributed by atoms with Gasteiger partial charge in [-0.05, 0) is 65.5 Å². The van der Waals surface area contributed by atoms with Crippen molar-refractivity contribution in [1.82, 2.24) is 9.80 Å². The van der Waals surface area contributed by atoms with Crippen LogP contribution in [0.3, 0.4) is 0 Å². The van der Waals surface area contributed by atoms with Crippen molar-refractivity contribution in [2.45, 2.75) is 58.1 Å². The minimum absolute atomic E-state index is 0.166. The van der Waals surface area contributed by atoms with E-state index in [-0.39, 0.29) is 6.09 Å². The molecule has 2 rings (SSSR count). The van der Waals surface area contributed by atoms with Gasteiger partial charge in [-0.1, -0.05) is 0 Å². The van der Waals surface area contributed by atoms with Crippen molar-refractivity contribution in [1.29, 1.82) is 0 Å². The first-order valence-electron chi connectivity index (χ1n) is 8.31. The summed E-state index contributed by atoms with van der Waals surface area (Å²) in [5.74, 6) is 0.735. The molecule has 0 aliphatic carbocycles. The van der Waals surface area contributed by atoms with Gasteiger partial charge in [0.2, 0.25) is 0 Å². The smallest absolute Gasteiger partial charge is 0.410 e. The number of carbonyl (C=O) groups excluding carboxylic acids is 1. The SMILES string of the molecule is CC(C)(C)OC(=O)N1CCC(N2CCCC(CCN)C2)C1. The number of piperidine rings is 1. The van der Waals surface area contributed by atoms with Gasteiger partial charge in [-0.2, -0.15) is 0 Å². The Kier molecular flexibility index (Phi) is 5.49. The zero-order valence-electron chi connectivity index (χ0n) is 13.8. The Labute approximate surface area is 128 Å². The normalized spacial score (nSPS) is 27.9. The molecule has 1 amide bonds. The maximum absolute atomic E-state index is 12.1. The van der Waals surface area contributed by atoms with Gasteiger partial charge in [-0.25, -0.2) is 4.79 Å². The van der Waals surface area contributed by atoms with Crippen LogP contribution < -0.4 is 5.73 Å². The lowest BCUT2D eigenvalue weighted by atomic mass is 9.93. The summed E-state index contributed by atoms with van der Waals surface area (Å²) in [6.07, 6.45) is 4.58. The number of ether oxygens (including phenoxy) is 1. The summed E-state index contributed by atoms with van der Waals surface area (Å²) in [7, 11) is 0. The van der Waals surface area contributed by atoms with Crippen LogP contribution >= 0.6 is 0 Å². The molecule has 2 fully saturated rings. The number of hydrogen-bond donors (Lipinski definition) is 1. The maximum Gasteiger partial charge on any atom is 0.410 e. The molecular weight excluding hydrogens is 266 g/mol. The number of carbonyl (C=O) groups is 1. The predicted molar refractivity (Wildman–Crippen MR) is 84.2 cm³/mol. The van der Waals surface area contributed by atoms with Crippen LogP contribution in [0.2, 0.25) is 0 Å². The first-order valence-corrected chi connectivity index (χ1v) is 8.31. The highest BCUT2D eigenvalue weighted by molar-refractivity contribution is 5.68. The standard InChI is InChI=1S/C16H31N3O2/c1-16(2,3)21-15(20)19-10-7-14(12-19)18-9-4-5-13(11-18)6-8-17/h13-14H,4-12,17H2,1-3H3. The molecule has 0 saturated carbocycles. The maximum atomic E-state index is 12.1. The number of amides is 1. The summed E-state index contributed by atoms with van der Waals surface area (Å²) in [4.78, 5) is 16.6. The van der Waals surface area contributed by atoms with Gasteiger partial charge in [-0.3, -0.25) is 4.90 Å². The molecule has 0 aromatic heterocycles. The molecule has 0 spiro atoms. The Hall–Kier alpha value is -0.810. The first-order chi connectivity index (χ1) is 9.89. The summed E-state index contributed by atoms with van der Waals surface area (Å²) in [5.41, 5.74) is 5.28. The first kappa shape index (κ1) is 16.6. The Morgan fingerprint density at radius 2 is 2.00 bits per heavy atom. The zero-order valence-corrected chi connectivity index (χ0v) is 13.8. The third-order valence-corrected chi connectivity index (χ3v) is 4.46. The summed E-state index contributed by atoms with van der Waals surface area (Å²) < 4.78 is 5.47. The third-order valence-electron chi connectivity index (χ3n) is 4.46. The van der Waals surface area contributed by atoms with Crippen molar-refractivity contribution < 1.29 is 9.53 Å². The molecule has 2 heterocycles. The van der Waals surface area contributed by atoms with Gasteiger partial charge in [0.05, 0.1) is 0 Å². The fraction of sp³-hybridized carbons (Fsp3) is 0.938. The second-order valence-electron chi connectivity index (χ2n) is 7.45. The van der Waals surface area contributed by atoms with E-state index in [0.717, 1.165) is 51.5 Å². The minimum atomic E-state index is -0.410. The summed E-state index contributed by atoms with van der Waals surface area (Å²) in [6, 6.07) is 0.498. The molecule has 5 nitrogen and oxygen atoms in total. The van der Waals surface area contributed by atoms with Crippen molar-refractivity contribution in [2.75, 3.05) is 32.7 Å². The van der Waals surface area contributed by atoms with Crippen molar-refractivity contribution in [3.05, 3.63) is 0 Å². The molecule has 2 atom stereocenters. The molecule has 0 bridgehead atoms. The van der Waals surface area contributed by atoms with Crippen molar-refractivity contribution >= 4 is 6.09 Å². The van der Waals surface area contributed by atoms with Gasteiger partial charge < -0.3 is 15.4 Å². The van der Waals surface area contributed by atoms with Crippen molar-refractivity contribution in [3.63, 3.8) is 0 Å². The van der Waals surface area contributed by atoms with Gasteiger partial charge >= 0.3 is 6.09 Å². The van der Waals surface area contributed by atoms with Crippen LogP contribution in [-0.2, 0) is 4.74 Å². The molecule has 2 saturated heterocycles. The number of hydrogen-bond acceptors (Lipinski definition) is 4. The summed E-state index contributed by atoms with van der Waals surface area (Å²) in [5, 5.41) is 0. The quantitative estimate of drug-likeness (QED) is 0.866. The Morgan fingerprint density at radius 3 is 2.67 bits per heavy atom. The van der Waals surface area contributed by atoms with Crippen LogP contribution in [0, 0.1) is 5.92 Å². The zero-order chi connectivity index (χ0) is 15.5. The van der Waals surface area contributed by atoms with E-state index in [2.05, 4.69) is 4.90 Å². The van der Waals surface area contributed by atoms with Gasteiger partial charge in [0, 0.05) is 25.7 Å². The summed E-state index contributed by atoms with van der Waals surface area (Å²) >= 11 is 0. The average Bonchev–Trinajstić information content (AvgIpc) is 2.87. The molecule has 21 heavy (non-hydrogen) atoms. The lowest BCUT2D eigenvalue weighted by Crippen LogP contribution is -2.45. The Balaban J connectivity index is 1.83. The highest BCUT2D eigenvalue weighted by atomic mass is 16.6. The fourth-order valence-electron chi connectivity index (χ4n) is 3.43. The second kappa shape index (κ2) is 6.97. The van der Waals surface area contributed by atoms with Gasteiger partial charge in [-0.15, -0.1) is 0 Å². The lowest BCUT2D eigenvalue weighted by Gasteiger charge is -2.36. The highest BCUT2D eigenvalue weighted by Gasteiger charge is 2.34. The molecule has 5 heteroatoms. The molecule has 0 aromatic carbocycles. The highest BCUT2D eigenvalue weighted by Crippen LogP contribution is 2.25. The van der Waals surface area contributed by atoms with E-state index < -0.39 is 5.60 Å².